The van der Waals surface area contributed by atoms with Gasteiger partial charge in [-0.3, -0.25) is 15.0 Å². The van der Waals surface area contributed by atoms with Crippen molar-refractivity contribution in [1.82, 2.24) is 4.90 Å². The molecule has 1 N–H and O–H groups in total. The minimum Gasteiger partial charge on any atom is -0.459 e. The van der Waals surface area contributed by atoms with Crippen molar-refractivity contribution in [2.45, 2.75) is 59.7 Å². The topological polar surface area (TPSA) is 77.1 Å². The summed E-state index contributed by atoms with van der Waals surface area (Å²) in [7, 11) is 1.77. The Hall–Kier alpha value is -2.12. The zero-order valence-electron chi connectivity index (χ0n) is 18.8. The number of ether oxygens (including phenoxy) is 3. The molecule has 0 aliphatic carbocycles. The zero-order chi connectivity index (χ0) is 22.0. The first kappa shape index (κ1) is 24.9. The highest BCUT2D eigenvalue weighted by Gasteiger charge is 2.19. The first-order chi connectivity index (χ1) is 13.4. The molecule has 7 heteroatoms. The first-order valence-corrected chi connectivity index (χ1v) is 9.97. The Kier molecular flexibility index (Phi) is 10.1. The molecule has 1 atom stereocenters. The number of benzene rings is 1. The molecule has 0 fully saturated rings. The largest absolute Gasteiger partial charge is 0.459 e. The summed E-state index contributed by atoms with van der Waals surface area (Å²) in [6.07, 6.45) is -0.211. The van der Waals surface area contributed by atoms with Crippen LogP contribution in [0.2, 0.25) is 0 Å². The third-order valence-corrected chi connectivity index (χ3v) is 3.74. The van der Waals surface area contributed by atoms with E-state index in [-0.39, 0.29) is 33.4 Å². The Morgan fingerprint density at radius 2 is 1.79 bits per heavy atom. The summed E-state index contributed by atoms with van der Waals surface area (Å²) in [5.74, 6) is 0.0336. The first-order valence-electron chi connectivity index (χ1n) is 9.97. The van der Waals surface area contributed by atoms with E-state index in [0.717, 1.165) is 5.56 Å². The second kappa shape index (κ2) is 11.8. The van der Waals surface area contributed by atoms with E-state index < -0.39 is 11.7 Å². The van der Waals surface area contributed by atoms with Gasteiger partial charge >= 0.3 is 12.1 Å². The van der Waals surface area contributed by atoms with E-state index in [1.807, 2.05) is 52.0 Å². The van der Waals surface area contributed by atoms with Crippen molar-refractivity contribution in [3.8, 4) is 0 Å². The van der Waals surface area contributed by atoms with Crippen LogP contribution in [0.5, 0.6) is 0 Å². The van der Waals surface area contributed by atoms with Crippen molar-refractivity contribution >= 4 is 17.7 Å². The number of hydrogen-bond donors (Lipinski definition) is 1. The average molecular weight is 411 g/mol. The number of carbonyl (C=O) groups is 2. The van der Waals surface area contributed by atoms with Gasteiger partial charge in [0.2, 0.25) is 0 Å². The number of amides is 1. The van der Waals surface area contributed by atoms with Crippen LogP contribution in [0.25, 0.3) is 0 Å². The molecule has 0 unspecified atom stereocenters. The number of esters is 1. The van der Waals surface area contributed by atoms with Crippen LogP contribution in [0.15, 0.2) is 24.3 Å². The van der Waals surface area contributed by atoms with Crippen molar-refractivity contribution in [3.63, 3.8) is 0 Å². The maximum Gasteiger partial charge on any atom is 0.411 e. The minimum absolute atomic E-state index is 0. The quantitative estimate of drug-likeness (QED) is 0.453. The minimum atomic E-state index is -0.514. The fourth-order valence-corrected chi connectivity index (χ4v) is 2.59. The van der Waals surface area contributed by atoms with E-state index in [4.69, 9.17) is 14.2 Å². The molecule has 0 saturated carbocycles. The van der Waals surface area contributed by atoms with Crippen molar-refractivity contribution in [2.24, 2.45) is 5.92 Å². The average Bonchev–Trinajstić information content (AvgIpc) is 2.54. The number of hydrogen-bond acceptors (Lipinski definition) is 6. The molecule has 0 spiro atoms. The molecule has 0 heterocycles. The highest BCUT2D eigenvalue weighted by molar-refractivity contribution is 5.84. The summed E-state index contributed by atoms with van der Waals surface area (Å²) in [5, 5.41) is 2.73. The van der Waals surface area contributed by atoms with Crippen LogP contribution < -0.4 is 5.32 Å². The van der Waals surface area contributed by atoms with E-state index >= 15 is 0 Å². The lowest BCUT2D eigenvalue weighted by atomic mass is 10.1. The van der Waals surface area contributed by atoms with Crippen LogP contribution in [-0.2, 0) is 19.0 Å². The molecule has 1 rings (SSSR count). The standard InChI is InChI=1S/C22H36N2O5.H2/c1-16(2)12-19(28-21(26)23-18-10-8-17(3)9-11-18)14-27-15-24(7)13-20(25)29-22(4,5)6;/h8-11,16,19H,12-15H2,1-7H3,(H,23,26);1H/t19-;/m0./s1. The maximum absolute atomic E-state index is 12.2. The Morgan fingerprint density at radius 1 is 1.17 bits per heavy atom. The Balaban J connectivity index is 0.00000841. The summed E-state index contributed by atoms with van der Waals surface area (Å²) >= 11 is 0. The molecule has 1 aromatic carbocycles. The number of aryl methyl sites for hydroxylation is 1. The lowest BCUT2D eigenvalue weighted by Crippen LogP contribution is -2.35. The molecule has 166 valence electrons. The van der Waals surface area contributed by atoms with Gasteiger partial charge in [0, 0.05) is 7.11 Å². The maximum atomic E-state index is 12.2. The van der Waals surface area contributed by atoms with E-state index in [1.54, 1.807) is 11.9 Å². The Labute approximate surface area is 176 Å². The summed E-state index contributed by atoms with van der Waals surface area (Å²) in [6, 6.07) is 7.50. The normalized spacial score (nSPS) is 12.7. The number of likely N-dealkylation sites (N-methyl/N-ethyl adjacent to an activating group) is 1. The molecule has 29 heavy (non-hydrogen) atoms. The van der Waals surface area contributed by atoms with Crippen molar-refractivity contribution < 1.29 is 25.2 Å². The summed E-state index contributed by atoms with van der Waals surface area (Å²) < 4.78 is 16.5. The number of anilines is 1. The van der Waals surface area contributed by atoms with Gasteiger partial charge in [-0.15, -0.1) is 0 Å². The number of carbonyl (C=O) groups excluding carboxylic acids is 2. The highest BCUT2D eigenvalue weighted by Crippen LogP contribution is 2.13. The second-order valence-electron chi connectivity index (χ2n) is 8.75. The lowest BCUT2D eigenvalue weighted by molar-refractivity contribution is -0.157. The Bertz CT molecular complexity index is 644. The van der Waals surface area contributed by atoms with Gasteiger partial charge in [0.25, 0.3) is 0 Å². The molecular formula is C22H38N2O5. The van der Waals surface area contributed by atoms with Crippen molar-refractivity contribution in [1.29, 1.82) is 0 Å². The van der Waals surface area contributed by atoms with E-state index in [2.05, 4.69) is 19.2 Å². The summed E-state index contributed by atoms with van der Waals surface area (Å²) in [4.78, 5) is 25.8. The molecule has 0 aromatic heterocycles. The molecule has 7 nitrogen and oxygen atoms in total. The molecule has 0 bridgehead atoms. The molecule has 1 amide bonds. The number of rotatable bonds is 10. The van der Waals surface area contributed by atoms with Crippen molar-refractivity contribution in [2.75, 3.05) is 32.2 Å². The van der Waals surface area contributed by atoms with Crippen LogP contribution >= 0.6 is 0 Å². The van der Waals surface area contributed by atoms with Crippen LogP contribution in [0.1, 0.15) is 48.0 Å². The fourth-order valence-electron chi connectivity index (χ4n) is 2.59. The SMILES string of the molecule is Cc1ccc(NC(=O)O[C@H](COCN(C)CC(=O)OC(C)(C)C)CC(C)C)cc1.[HH]. The van der Waals surface area contributed by atoms with Gasteiger partial charge in [0.05, 0.1) is 19.9 Å². The fraction of sp³-hybridized carbons (Fsp3) is 0.636. The molecule has 0 aliphatic heterocycles. The van der Waals surface area contributed by atoms with Crippen LogP contribution in [0, 0.1) is 12.8 Å². The summed E-state index contributed by atoms with van der Waals surface area (Å²) in [6.45, 7) is 12.2. The zero-order valence-corrected chi connectivity index (χ0v) is 18.8. The van der Waals surface area contributed by atoms with Gasteiger partial charge in [-0.2, -0.15) is 0 Å². The number of nitrogens with zero attached hydrogens (tertiary/aromatic N) is 1. The van der Waals surface area contributed by atoms with Gasteiger partial charge in [0.15, 0.2) is 0 Å². The highest BCUT2D eigenvalue weighted by atomic mass is 16.6. The molecule has 0 radical (unpaired) electrons. The van der Waals surface area contributed by atoms with Crippen LogP contribution in [-0.4, -0.2) is 55.6 Å². The van der Waals surface area contributed by atoms with Crippen LogP contribution in [0.3, 0.4) is 0 Å². The van der Waals surface area contributed by atoms with Crippen LogP contribution in [0.4, 0.5) is 10.5 Å². The van der Waals surface area contributed by atoms with E-state index in [1.165, 1.54) is 0 Å². The van der Waals surface area contributed by atoms with Gasteiger partial charge in [-0.05, 0) is 59.2 Å². The van der Waals surface area contributed by atoms with Crippen molar-refractivity contribution in [3.05, 3.63) is 29.8 Å². The molecular weight excluding hydrogens is 372 g/mol. The molecule has 1 aromatic rings. The number of nitrogens with one attached hydrogen (secondary N) is 1. The van der Waals surface area contributed by atoms with E-state index in [0.29, 0.717) is 18.0 Å². The predicted molar refractivity (Wildman–Crippen MR) is 116 cm³/mol. The predicted octanol–water partition coefficient (Wildman–Crippen LogP) is 4.45. The van der Waals surface area contributed by atoms with Gasteiger partial charge in [-0.25, -0.2) is 4.79 Å². The van der Waals surface area contributed by atoms with Gasteiger partial charge < -0.3 is 14.2 Å². The second-order valence-corrected chi connectivity index (χ2v) is 8.75. The molecule has 0 saturated heterocycles. The Morgan fingerprint density at radius 3 is 2.34 bits per heavy atom. The molecule has 0 aliphatic rings. The summed E-state index contributed by atoms with van der Waals surface area (Å²) in [5.41, 5.74) is 1.28. The lowest BCUT2D eigenvalue weighted by Gasteiger charge is -2.24. The van der Waals surface area contributed by atoms with E-state index in [9.17, 15) is 9.59 Å². The third-order valence-electron chi connectivity index (χ3n) is 3.74. The monoisotopic (exact) mass is 410 g/mol. The third kappa shape index (κ3) is 12.1. The van der Waals surface area contributed by atoms with Gasteiger partial charge in [-0.1, -0.05) is 31.5 Å². The smallest absolute Gasteiger partial charge is 0.411 e. The van der Waals surface area contributed by atoms with Gasteiger partial charge in [0.1, 0.15) is 11.7 Å².